The number of methoxy groups -OCH3 is 2. The normalized spacial score (nSPS) is 10.0. The number of rotatable bonds is 4. The molecule has 0 atom stereocenters. The van der Waals surface area contributed by atoms with Gasteiger partial charge in [0.25, 0.3) is 5.56 Å². The number of nitrogens with zero attached hydrogens (tertiary/aromatic N) is 2. The molecule has 0 aliphatic heterocycles. The second-order valence-corrected chi connectivity index (χ2v) is 5.15. The van der Waals surface area contributed by atoms with Crippen LogP contribution in [0.3, 0.4) is 0 Å². The summed E-state index contributed by atoms with van der Waals surface area (Å²) < 4.78 is 12.6. The first kappa shape index (κ1) is 15.1. The van der Waals surface area contributed by atoms with Gasteiger partial charge in [-0.25, -0.2) is 0 Å². The summed E-state index contributed by atoms with van der Waals surface area (Å²) in [6.45, 7) is 0.306. The lowest BCUT2D eigenvalue weighted by atomic mass is 10.1. The van der Waals surface area contributed by atoms with Crippen molar-refractivity contribution in [2.75, 3.05) is 14.2 Å². The molecule has 2 aromatic rings. The second kappa shape index (κ2) is 6.46. The number of ether oxygens (including phenoxy) is 2. The van der Waals surface area contributed by atoms with Crippen molar-refractivity contribution in [2.45, 2.75) is 6.54 Å². The fourth-order valence-electron chi connectivity index (χ4n) is 1.96. The van der Waals surface area contributed by atoms with Gasteiger partial charge in [0.2, 0.25) is 0 Å². The molecule has 1 heterocycles. The summed E-state index contributed by atoms with van der Waals surface area (Å²) in [6, 6.07) is 8.59. The van der Waals surface area contributed by atoms with Crippen molar-refractivity contribution in [3.05, 3.63) is 56.4 Å². The zero-order valence-corrected chi connectivity index (χ0v) is 13.2. The monoisotopic (exact) mass is 348 g/mol. The molecule has 0 saturated carbocycles. The van der Waals surface area contributed by atoms with E-state index < -0.39 is 0 Å². The van der Waals surface area contributed by atoms with E-state index in [1.165, 1.54) is 17.7 Å². The Kier molecular flexibility index (Phi) is 4.66. The van der Waals surface area contributed by atoms with Gasteiger partial charge in [-0.15, -0.1) is 0 Å². The van der Waals surface area contributed by atoms with E-state index in [9.17, 15) is 4.79 Å². The van der Waals surface area contributed by atoms with Crippen LogP contribution in [0, 0.1) is 11.3 Å². The van der Waals surface area contributed by atoms with Gasteiger partial charge in [0.05, 0.1) is 36.9 Å². The van der Waals surface area contributed by atoms with Gasteiger partial charge in [-0.1, -0.05) is 0 Å². The van der Waals surface area contributed by atoms with E-state index in [1.807, 2.05) is 0 Å². The van der Waals surface area contributed by atoms with Crippen LogP contribution in [0.4, 0.5) is 0 Å². The van der Waals surface area contributed by atoms with Gasteiger partial charge in [0.1, 0.15) is 11.5 Å². The molecule has 108 valence electrons. The number of hydrogen-bond acceptors (Lipinski definition) is 4. The van der Waals surface area contributed by atoms with Crippen LogP contribution in [0.2, 0.25) is 0 Å². The first-order chi connectivity index (χ1) is 10.1. The molecule has 5 nitrogen and oxygen atoms in total. The van der Waals surface area contributed by atoms with Crippen LogP contribution in [0.5, 0.6) is 11.5 Å². The van der Waals surface area contributed by atoms with Crippen LogP contribution in [0.25, 0.3) is 0 Å². The molecular formula is C15H13BrN2O3. The number of benzene rings is 1. The maximum absolute atomic E-state index is 12.1. The van der Waals surface area contributed by atoms with Crippen LogP contribution in [0.1, 0.15) is 11.1 Å². The topological polar surface area (TPSA) is 64.2 Å². The van der Waals surface area contributed by atoms with Crippen molar-refractivity contribution in [3.8, 4) is 17.6 Å². The lowest BCUT2D eigenvalue weighted by molar-refractivity contribution is 0.405. The molecule has 0 N–H and O–H groups in total. The third-order valence-corrected chi connectivity index (χ3v) is 3.61. The minimum absolute atomic E-state index is 0.195. The quantitative estimate of drug-likeness (QED) is 0.851. The molecule has 0 radical (unpaired) electrons. The summed E-state index contributed by atoms with van der Waals surface area (Å²) in [7, 11) is 3.06. The smallest absolute Gasteiger partial charge is 0.254 e. The van der Waals surface area contributed by atoms with E-state index in [-0.39, 0.29) is 5.56 Å². The highest BCUT2D eigenvalue weighted by Gasteiger charge is 2.09. The Morgan fingerprint density at radius 1 is 1.24 bits per heavy atom. The zero-order chi connectivity index (χ0) is 15.4. The number of nitriles is 1. The lowest BCUT2D eigenvalue weighted by Gasteiger charge is -2.12. The molecule has 0 saturated heterocycles. The molecule has 1 aromatic heterocycles. The Balaban J connectivity index is 2.45. The van der Waals surface area contributed by atoms with Crippen LogP contribution >= 0.6 is 15.9 Å². The van der Waals surface area contributed by atoms with E-state index in [0.29, 0.717) is 28.1 Å². The summed E-state index contributed by atoms with van der Waals surface area (Å²) >= 11 is 3.35. The Bertz CT molecular complexity index is 762. The lowest BCUT2D eigenvalue weighted by Crippen LogP contribution is -2.20. The molecule has 1 aromatic carbocycles. The van der Waals surface area contributed by atoms with Gasteiger partial charge < -0.3 is 14.0 Å². The highest BCUT2D eigenvalue weighted by Crippen LogP contribution is 2.24. The Morgan fingerprint density at radius 2 is 1.95 bits per heavy atom. The van der Waals surface area contributed by atoms with E-state index in [1.54, 1.807) is 31.5 Å². The number of aromatic nitrogens is 1. The summed E-state index contributed by atoms with van der Waals surface area (Å²) in [5.41, 5.74) is 1.08. The molecule has 0 aliphatic carbocycles. The van der Waals surface area contributed by atoms with Crippen molar-refractivity contribution in [3.63, 3.8) is 0 Å². The molecule has 0 spiro atoms. The highest BCUT2D eigenvalue weighted by atomic mass is 79.9. The fourth-order valence-corrected chi connectivity index (χ4v) is 2.49. The highest BCUT2D eigenvalue weighted by molar-refractivity contribution is 9.10. The molecule has 0 bridgehead atoms. The van der Waals surface area contributed by atoms with Crippen LogP contribution < -0.4 is 15.0 Å². The number of pyridine rings is 1. The standard InChI is InChI=1S/C15H13BrN2O3/c1-20-13-4-3-10(7-17)5-11(13)8-18-9-12(16)14(21-2)6-15(18)19/h3-6,9H,8H2,1-2H3. The largest absolute Gasteiger partial charge is 0.496 e. The fraction of sp³-hybridized carbons (Fsp3) is 0.200. The molecule has 0 fully saturated rings. The summed E-state index contributed by atoms with van der Waals surface area (Å²) in [5.74, 6) is 1.11. The maximum atomic E-state index is 12.1. The number of halogens is 1. The predicted octanol–water partition coefficient (Wildman–Crippen LogP) is 2.55. The summed E-state index contributed by atoms with van der Waals surface area (Å²) in [4.78, 5) is 12.1. The average Bonchev–Trinajstić information content (AvgIpc) is 2.50. The van der Waals surface area contributed by atoms with Crippen molar-refractivity contribution in [2.24, 2.45) is 0 Å². The summed E-state index contributed by atoms with van der Waals surface area (Å²) in [5, 5.41) is 8.98. The third-order valence-electron chi connectivity index (χ3n) is 3.01. The van der Waals surface area contributed by atoms with Crippen LogP contribution in [-0.4, -0.2) is 18.8 Å². The van der Waals surface area contributed by atoms with E-state index in [2.05, 4.69) is 22.0 Å². The molecule has 21 heavy (non-hydrogen) atoms. The van der Waals surface area contributed by atoms with Crippen molar-refractivity contribution in [1.29, 1.82) is 5.26 Å². The Hall–Kier alpha value is -2.26. The molecule has 6 heteroatoms. The average molecular weight is 349 g/mol. The molecule has 2 rings (SSSR count). The molecule has 0 aliphatic rings. The minimum Gasteiger partial charge on any atom is -0.496 e. The van der Waals surface area contributed by atoms with Gasteiger partial charge in [0.15, 0.2) is 0 Å². The van der Waals surface area contributed by atoms with Gasteiger partial charge >= 0.3 is 0 Å². The van der Waals surface area contributed by atoms with Gasteiger partial charge in [0, 0.05) is 17.8 Å². The van der Waals surface area contributed by atoms with Crippen molar-refractivity contribution < 1.29 is 9.47 Å². The van der Waals surface area contributed by atoms with Crippen LogP contribution in [0.15, 0.2) is 39.7 Å². The minimum atomic E-state index is -0.195. The Labute approximate surface area is 130 Å². The molecule has 0 amide bonds. The molecular weight excluding hydrogens is 336 g/mol. The van der Waals surface area contributed by atoms with E-state index in [0.717, 1.165) is 5.56 Å². The summed E-state index contributed by atoms with van der Waals surface area (Å²) in [6.07, 6.45) is 1.65. The maximum Gasteiger partial charge on any atom is 0.254 e. The Morgan fingerprint density at radius 3 is 2.57 bits per heavy atom. The van der Waals surface area contributed by atoms with Gasteiger partial charge in [-0.05, 0) is 34.1 Å². The van der Waals surface area contributed by atoms with Gasteiger partial charge in [-0.3, -0.25) is 4.79 Å². The molecule has 0 unspecified atom stereocenters. The van der Waals surface area contributed by atoms with Gasteiger partial charge in [-0.2, -0.15) is 5.26 Å². The van der Waals surface area contributed by atoms with E-state index >= 15 is 0 Å². The second-order valence-electron chi connectivity index (χ2n) is 4.29. The number of hydrogen-bond donors (Lipinski definition) is 0. The SMILES string of the molecule is COc1cc(=O)n(Cc2cc(C#N)ccc2OC)cc1Br. The van der Waals surface area contributed by atoms with Crippen molar-refractivity contribution >= 4 is 15.9 Å². The third kappa shape index (κ3) is 3.26. The zero-order valence-electron chi connectivity index (χ0n) is 11.6. The predicted molar refractivity (Wildman–Crippen MR) is 81.8 cm³/mol. The first-order valence-corrected chi connectivity index (χ1v) is 6.89. The first-order valence-electron chi connectivity index (χ1n) is 6.10. The van der Waals surface area contributed by atoms with Crippen LogP contribution in [-0.2, 0) is 6.54 Å². The van der Waals surface area contributed by atoms with Crippen molar-refractivity contribution in [1.82, 2.24) is 4.57 Å². The van der Waals surface area contributed by atoms with E-state index in [4.69, 9.17) is 14.7 Å².